The van der Waals surface area contributed by atoms with Gasteiger partial charge in [0.1, 0.15) is 5.82 Å². The molecule has 0 fully saturated rings. The highest BCUT2D eigenvalue weighted by molar-refractivity contribution is 5.97. The first-order valence-electron chi connectivity index (χ1n) is 6.24. The van der Waals surface area contributed by atoms with E-state index in [1.807, 2.05) is 6.92 Å². The number of nitrogens with zero attached hydrogens (tertiary/aromatic N) is 1. The summed E-state index contributed by atoms with van der Waals surface area (Å²) in [4.78, 5) is 0. The van der Waals surface area contributed by atoms with Gasteiger partial charge in [0.15, 0.2) is 5.84 Å². The Morgan fingerprint density at radius 3 is 2.50 bits per heavy atom. The number of nitrogens with one attached hydrogen (secondary N) is 1. The predicted molar refractivity (Wildman–Crippen MR) is 72.9 cm³/mol. The van der Waals surface area contributed by atoms with Gasteiger partial charge in [0.2, 0.25) is 0 Å². The minimum atomic E-state index is -0.816. The number of aliphatic hydroxyl groups is 2. The van der Waals surface area contributed by atoms with E-state index in [2.05, 4.69) is 10.5 Å². The van der Waals surface area contributed by atoms with Crippen molar-refractivity contribution in [1.82, 2.24) is 5.32 Å². The second-order valence-electron chi connectivity index (χ2n) is 4.64. The molecule has 1 rings (SSSR count). The van der Waals surface area contributed by atoms with Crippen LogP contribution in [0.1, 0.15) is 24.5 Å². The summed E-state index contributed by atoms with van der Waals surface area (Å²) in [6.07, 6.45) is 0.516. The molecule has 7 heteroatoms. The van der Waals surface area contributed by atoms with E-state index < -0.39 is 11.4 Å². The Hall–Kier alpha value is -1.70. The summed E-state index contributed by atoms with van der Waals surface area (Å²) in [7, 11) is 0. The third-order valence-corrected chi connectivity index (χ3v) is 3.31. The molecule has 0 radical (unpaired) electrons. The molecule has 0 bridgehead atoms. The fraction of sp³-hybridized carbons (Fsp3) is 0.462. The molecule has 6 nitrogen and oxygen atoms in total. The molecule has 0 unspecified atom stereocenters. The Labute approximate surface area is 116 Å². The summed E-state index contributed by atoms with van der Waals surface area (Å²) in [5.41, 5.74) is 5.43. The highest BCUT2D eigenvalue weighted by Crippen LogP contribution is 2.13. The van der Waals surface area contributed by atoms with Crippen molar-refractivity contribution >= 4 is 5.84 Å². The molecule has 1 aromatic carbocycles. The summed E-state index contributed by atoms with van der Waals surface area (Å²) in [5, 5.41) is 33.1. The number of hydrogen-bond acceptors (Lipinski definition) is 5. The lowest BCUT2D eigenvalue weighted by molar-refractivity contribution is 0.0864. The lowest BCUT2D eigenvalue weighted by Crippen LogP contribution is -2.50. The molecule has 0 aliphatic carbocycles. The molecular weight excluding hydrogens is 265 g/mol. The molecule has 0 atom stereocenters. The van der Waals surface area contributed by atoms with Crippen LogP contribution in [0.25, 0.3) is 0 Å². The second-order valence-corrected chi connectivity index (χ2v) is 4.64. The molecule has 0 aliphatic heterocycles. The number of aliphatic hydroxyl groups excluding tert-OH is 2. The smallest absolute Gasteiger partial charge is 0.170 e. The van der Waals surface area contributed by atoms with Crippen LogP contribution < -0.4 is 11.1 Å². The number of hydrogen-bond donors (Lipinski definition) is 5. The summed E-state index contributed by atoms with van der Waals surface area (Å²) in [6.45, 7) is 1.59. The van der Waals surface area contributed by atoms with Crippen LogP contribution in [0.15, 0.2) is 23.4 Å². The Kier molecular flexibility index (Phi) is 5.87. The Bertz CT molecular complexity index is 468. The van der Waals surface area contributed by atoms with Gasteiger partial charge in [-0.2, -0.15) is 0 Å². The van der Waals surface area contributed by atoms with Gasteiger partial charge in [0, 0.05) is 12.1 Å². The van der Waals surface area contributed by atoms with Crippen LogP contribution >= 0.6 is 0 Å². The van der Waals surface area contributed by atoms with Gasteiger partial charge < -0.3 is 26.5 Å². The number of oxime groups is 1. The first-order chi connectivity index (χ1) is 9.50. The predicted octanol–water partition coefficient (Wildman–Crippen LogP) is 0.143. The van der Waals surface area contributed by atoms with Crippen LogP contribution in [0.5, 0.6) is 0 Å². The molecule has 0 amide bonds. The van der Waals surface area contributed by atoms with Crippen molar-refractivity contribution in [3.05, 3.63) is 35.1 Å². The monoisotopic (exact) mass is 285 g/mol. The summed E-state index contributed by atoms with van der Waals surface area (Å²) in [6, 6.07) is 4.03. The molecule has 0 heterocycles. The molecule has 20 heavy (non-hydrogen) atoms. The van der Waals surface area contributed by atoms with Crippen LogP contribution in [-0.2, 0) is 6.54 Å². The Balaban J connectivity index is 2.90. The third kappa shape index (κ3) is 3.89. The van der Waals surface area contributed by atoms with Crippen molar-refractivity contribution in [3.8, 4) is 0 Å². The van der Waals surface area contributed by atoms with Gasteiger partial charge in [0.05, 0.1) is 18.8 Å². The normalized spacial score (nSPS) is 12.7. The van der Waals surface area contributed by atoms with Gasteiger partial charge >= 0.3 is 0 Å². The fourth-order valence-electron chi connectivity index (χ4n) is 1.76. The second kappa shape index (κ2) is 7.18. The van der Waals surface area contributed by atoms with Gasteiger partial charge in [-0.1, -0.05) is 12.1 Å². The molecule has 1 aromatic rings. The van der Waals surface area contributed by atoms with Crippen LogP contribution in [0.4, 0.5) is 4.39 Å². The van der Waals surface area contributed by atoms with E-state index in [1.54, 1.807) is 6.07 Å². The number of rotatable bonds is 7. The Morgan fingerprint density at radius 2 is 2.00 bits per heavy atom. The van der Waals surface area contributed by atoms with E-state index in [0.717, 1.165) is 6.07 Å². The Morgan fingerprint density at radius 1 is 1.35 bits per heavy atom. The third-order valence-electron chi connectivity index (χ3n) is 3.31. The van der Waals surface area contributed by atoms with Crippen LogP contribution in [0.2, 0.25) is 0 Å². The maximum Gasteiger partial charge on any atom is 0.170 e. The van der Waals surface area contributed by atoms with Crippen molar-refractivity contribution in [1.29, 1.82) is 0 Å². The largest absolute Gasteiger partial charge is 0.409 e. The minimum Gasteiger partial charge on any atom is -0.409 e. The van der Waals surface area contributed by atoms with E-state index >= 15 is 0 Å². The van der Waals surface area contributed by atoms with Crippen LogP contribution in [-0.4, -0.2) is 40.0 Å². The molecule has 0 aromatic heterocycles. The quantitative estimate of drug-likeness (QED) is 0.212. The van der Waals surface area contributed by atoms with Gasteiger partial charge in [0.25, 0.3) is 0 Å². The number of nitrogens with two attached hydrogens (primary N) is 1. The minimum absolute atomic E-state index is 0.183. The molecule has 0 saturated carbocycles. The lowest BCUT2D eigenvalue weighted by atomic mass is 9.98. The number of halogens is 1. The van der Waals surface area contributed by atoms with Gasteiger partial charge in [-0.3, -0.25) is 0 Å². The van der Waals surface area contributed by atoms with Crippen molar-refractivity contribution < 1.29 is 19.8 Å². The zero-order valence-electron chi connectivity index (χ0n) is 11.3. The SMILES string of the molecule is CCC(CO)(CO)NCc1cc(F)cc(/C(N)=N/O)c1. The van der Waals surface area contributed by atoms with Crippen molar-refractivity contribution in [2.24, 2.45) is 10.9 Å². The van der Waals surface area contributed by atoms with Crippen LogP contribution in [0.3, 0.4) is 0 Å². The zero-order valence-corrected chi connectivity index (χ0v) is 11.3. The summed E-state index contributed by atoms with van der Waals surface area (Å²) in [5.74, 6) is -0.696. The topological polar surface area (TPSA) is 111 Å². The van der Waals surface area contributed by atoms with Crippen molar-refractivity contribution in [3.63, 3.8) is 0 Å². The van der Waals surface area contributed by atoms with E-state index in [4.69, 9.17) is 10.9 Å². The number of amidine groups is 1. The highest BCUT2D eigenvalue weighted by atomic mass is 19.1. The van der Waals surface area contributed by atoms with E-state index in [1.165, 1.54) is 6.07 Å². The van der Waals surface area contributed by atoms with Gasteiger partial charge in [-0.05, 0) is 30.2 Å². The lowest BCUT2D eigenvalue weighted by Gasteiger charge is -2.30. The highest BCUT2D eigenvalue weighted by Gasteiger charge is 2.25. The fourth-order valence-corrected chi connectivity index (χ4v) is 1.76. The van der Waals surface area contributed by atoms with Gasteiger partial charge in [-0.15, -0.1) is 0 Å². The molecule has 0 spiro atoms. The maximum atomic E-state index is 13.5. The van der Waals surface area contributed by atoms with Crippen molar-refractivity contribution in [2.45, 2.75) is 25.4 Å². The van der Waals surface area contributed by atoms with Crippen LogP contribution in [0, 0.1) is 5.82 Å². The average Bonchev–Trinajstić information content (AvgIpc) is 2.48. The first-order valence-corrected chi connectivity index (χ1v) is 6.24. The molecule has 0 saturated heterocycles. The molecule has 112 valence electrons. The number of benzene rings is 1. The van der Waals surface area contributed by atoms with E-state index in [9.17, 15) is 14.6 Å². The summed E-state index contributed by atoms with van der Waals surface area (Å²) >= 11 is 0. The molecule has 6 N–H and O–H groups in total. The van der Waals surface area contributed by atoms with E-state index in [0.29, 0.717) is 12.0 Å². The molecule has 0 aliphatic rings. The maximum absolute atomic E-state index is 13.5. The molecular formula is C13H20FN3O3. The van der Waals surface area contributed by atoms with Gasteiger partial charge in [-0.25, -0.2) is 4.39 Å². The van der Waals surface area contributed by atoms with Crippen molar-refractivity contribution in [2.75, 3.05) is 13.2 Å². The average molecular weight is 285 g/mol. The standard InChI is InChI=1S/C13H20FN3O3/c1-2-13(7-18,8-19)16-6-9-3-10(12(15)17-20)5-11(14)4-9/h3-5,16,18-20H,2,6-8H2,1H3,(H2,15,17). The first kappa shape index (κ1) is 16.4. The van der Waals surface area contributed by atoms with E-state index in [-0.39, 0.29) is 31.2 Å². The summed E-state index contributed by atoms with van der Waals surface area (Å²) < 4.78 is 13.5. The zero-order chi connectivity index (χ0) is 15.2.